The van der Waals surface area contributed by atoms with Crippen LogP contribution in [0.25, 0.3) is 0 Å². The summed E-state index contributed by atoms with van der Waals surface area (Å²) in [5, 5.41) is 9.70. The number of nitrogens with zero attached hydrogens (tertiary/aromatic N) is 3. The molecule has 6 heteroatoms. The number of hydrogen-bond donors (Lipinski definition) is 1. The first-order chi connectivity index (χ1) is 10.3. The summed E-state index contributed by atoms with van der Waals surface area (Å²) in [6.45, 7) is 9.14. The van der Waals surface area contributed by atoms with E-state index in [4.69, 9.17) is 4.52 Å². The Kier molecular flexibility index (Phi) is 5.36. The Morgan fingerprint density at radius 3 is 2.59 bits per heavy atom. The normalized spacial score (nSPS) is 15.2. The van der Waals surface area contributed by atoms with Crippen LogP contribution in [0, 0.1) is 0 Å². The monoisotopic (exact) mass is 322 g/mol. The van der Waals surface area contributed by atoms with E-state index in [1.807, 2.05) is 0 Å². The standard InChI is InChI=1S/C16H26N4OS/c1-11(14-18-15(19-21-14)16(2,3)4)17-10-12(20(5)6)13-8-7-9-22-13/h7-9,11-12,17H,10H2,1-6H3. The number of thiophene rings is 1. The number of likely N-dealkylation sites (N-methyl/N-ethyl adjacent to an activating group) is 1. The molecule has 0 aliphatic heterocycles. The van der Waals surface area contributed by atoms with Crippen molar-refractivity contribution < 1.29 is 4.52 Å². The smallest absolute Gasteiger partial charge is 0.243 e. The zero-order valence-corrected chi connectivity index (χ0v) is 15.1. The van der Waals surface area contributed by atoms with E-state index >= 15 is 0 Å². The van der Waals surface area contributed by atoms with Gasteiger partial charge in [-0.2, -0.15) is 4.98 Å². The molecular weight excluding hydrogens is 296 g/mol. The van der Waals surface area contributed by atoms with Crippen molar-refractivity contribution >= 4 is 11.3 Å². The molecule has 2 rings (SSSR count). The zero-order chi connectivity index (χ0) is 16.3. The topological polar surface area (TPSA) is 54.2 Å². The van der Waals surface area contributed by atoms with Crippen molar-refractivity contribution in [3.8, 4) is 0 Å². The molecule has 0 saturated carbocycles. The van der Waals surface area contributed by atoms with E-state index in [1.54, 1.807) is 11.3 Å². The number of rotatable bonds is 6. The molecule has 1 N–H and O–H groups in total. The highest BCUT2D eigenvalue weighted by Crippen LogP contribution is 2.24. The lowest BCUT2D eigenvalue weighted by atomic mass is 9.96. The maximum atomic E-state index is 5.40. The maximum Gasteiger partial charge on any atom is 0.243 e. The summed E-state index contributed by atoms with van der Waals surface area (Å²) in [5.41, 5.74) is -0.0926. The summed E-state index contributed by atoms with van der Waals surface area (Å²) >= 11 is 1.78. The van der Waals surface area contributed by atoms with Crippen LogP contribution in [0.5, 0.6) is 0 Å². The lowest BCUT2D eigenvalue weighted by molar-refractivity contribution is 0.271. The van der Waals surface area contributed by atoms with Crippen LogP contribution in [0.1, 0.15) is 56.4 Å². The fraction of sp³-hybridized carbons (Fsp3) is 0.625. The van der Waals surface area contributed by atoms with Gasteiger partial charge in [-0.15, -0.1) is 11.3 Å². The summed E-state index contributed by atoms with van der Waals surface area (Å²) in [6.07, 6.45) is 0. The second-order valence-corrected chi connectivity index (χ2v) is 7.81. The molecule has 2 atom stereocenters. The zero-order valence-electron chi connectivity index (χ0n) is 14.3. The van der Waals surface area contributed by atoms with Crippen molar-refractivity contribution in [1.82, 2.24) is 20.4 Å². The molecule has 0 aliphatic carbocycles. The minimum Gasteiger partial charge on any atom is -0.338 e. The minimum absolute atomic E-state index is 0.0333. The van der Waals surface area contributed by atoms with Gasteiger partial charge >= 0.3 is 0 Å². The number of nitrogens with one attached hydrogen (secondary N) is 1. The molecule has 2 unspecified atom stereocenters. The van der Waals surface area contributed by atoms with Crippen LogP contribution >= 0.6 is 11.3 Å². The second kappa shape index (κ2) is 6.89. The van der Waals surface area contributed by atoms with Gasteiger partial charge < -0.3 is 14.7 Å². The highest BCUT2D eigenvalue weighted by atomic mass is 32.1. The first-order valence-electron chi connectivity index (χ1n) is 7.56. The fourth-order valence-corrected chi connectivity index (χ4v) is 3.03. The molecular formula is C16H26N4OS. The van der Waals surface area contributed by atoms with Crippen molar-refractivity contribution in [2.45, 2.75) is 45.2 Å². The Hall–Kier alpha value is -1.24. The molecule has 0 spiro atoms. The van der Waals surface area contributed by atoms with E-state index in [0.717, 1.165) is 12.4 Å². The molecule has 0 saturated heterocycles. The molecule has 0 radical (unpaired) electrons. The first-order valence-corrected chi connectivity index (χ1v) is 8.44. The summed E-state index contributed by atoms with van der Waals surface area (Å²) in [5.74, 6) is 1.40. The third kappa shape index (κ3) is 4.15. The van der Waals surface area contributed by atoms with E-state index in [0.29, 0.717) is 11.9 Å². The quantitative estimate of drug-likeness (QED) is 0.883. The lowest BCUT2D eigenvalue weighted by Crippen LogP contribution is -2.32. The molecule has 2 heterocycles. The van der Waals surface area contributed by atoms with Gasteiger partial charge in [0.25, 0.3) is 0 Å². The van der Waals surface area contributed by atoms with Crippen molar-refractivity contribution in [2.75, 3.05) is 20.6 Å². The lowest BCUT2D eigenvalue weighted by Gasteiger charge is -2.24. The van der Waals surface area contributed by atoms with Crippen LogP contribution in [-0.4, -0.2) is 35.7 Å². The van der Waals surface area contributed by atoms with Crippen molar-refractivity contribution in [3.63, 3.8) is 0 Å². The maximum absolute atomic E-state index is 5.40. The van der Waals surface area contributed by atoms with E-state index in [9.17, 15) is 0 Å². The number of hydrogen-bond acceptors (Lipinski definition) is 6. The number of aromatic nitrogens is 2. The predicted molar refractivity (Wildman–Crippen MR) is 90.2 cm³/mol. The van der Waals surface area contributed by atoms with Gasteiger partial charge in [-0.25, -0.2) is 0 Å². The molecule has 5 nitrogen and oxygen atoms in total. The first kappa shape index (κ1) is 17.1. The largest absolute Gasteiger partial charge is 0.338 e. The molecule has 0 aromatic carbocycles. The van der Waals surface area contributed by atoms with Gasteiger partial charge in [0.15, 0.2) is 5.82 Å². The Bertz CT molecular complexity index is 571. The second-order valence-electron chi connectivity index (χ2n) is 6.83. The molecule has 22 heavy (non-hydrogen) atoms. The van der Waals surface area contributed by atoms with E-state index in [2.05, 4.69) is 79.7 Å². The molecule has 0 aliphatic rings. The fourth-order valence-electron chi connectivity index (χ4n) is 2.11. The highest BCUT2D eigenvalue weighted by Gasteiger charge is 2.24. The third-order valence-electron chi connectivity index (χ3n) is 3.60. The van der Waals surface area contributed by atoms with Crippen LogP contribution in [0.2, 0.25) is 0 Å². The summed E-state index contributed by atoms with van der Waals surface area (Å²) < 4.78 is 5.40. The minimum atomic E-state index is -0.0926. The van der Waals surface area contributed by atoms with Gasteiger partial charge in [0.1, 0.15) is 0 Å². The van der Waals surface area contributed by atoms with Crippen LogP contribution in [-0.2, 0) is 5.41 Å². The third-order valence-corrected chi connectivity index (χ3v) is 4.57. The van der Waals surface area contributed by atoms with E-state index in [1.165, 1.54) is 4.88 Å². The van der Waals surface area contributed by atoms with Crippen LogP contribution in [0.4, 0.5) is 0 Å². The predicted octanol–water partition coefficient (Wildman–Crippen LogP) is 3.38. The summed E-state index contributed by atoms with van der Waals surface area (Å²) in [6, 6.07) is 4.64. The summed E-state index contributed by atoms with van der Waals surface area (Å²) in [7, 11) is 4.20. The molecule has 0 amide bonds. The van der Waals surface area contributed by atoms with Crippen LogP contribution in [0.3, 0.4) is 0 Å². The Morgan fingerprint density at radius 1 is 1.36 bits per heavy atom. The van der Waals surface area contributed by atoms with Crippen molar-refractivity contribution in [1.29, 1.82) is 0 Å². The van der Waals surface area contributed by atoms with Crippen LogP contribution < -0.4 is 5.32 Å². The SMILES string of the molecule is CC(NCC(c1cccs1)N(C)C)c1nc(C(C)(C)C)no1. The highest BCUT2D eigenvalue weighted by molar-refractivity contribution is 7.10. The van der Waals surface area contributed by atoms with Gasteiger partial charge in [0.05, 0.1) is 12.1 Å². The Labute approximate surface area is 136 Å². The van der Waals surface area contributed by atoms with Gasteiger partial charge in [-0.05, 0) is 32.5 Å². The van der Waals surface area contributed by atoms with E-state index < -0.39 is 0 Å². The molecule has 0 bridgehead atoms. The van der Waals surface area contributed by atoms with Crippen molar-refractivity contribution in [2.24, 2.45) is 0 Å². The van der Waals surface area contributed by atoms with Gasteiger partial charge in [-0.3, -0.25) is 0 Å². The van der Waals surface area contributed by atoms with Gasteiger partial charge in [0, 0.05) is 16.8 Å². The average Bonchev–Trinajstić information content (AvgIpc) is 3.09. The summed E-state index contributed by atoms with van der Waals surface area (Å²) in [4.78, 5) is 8.09. The van der Waals surface area contributed by atoms with E-state index in [-0.39, 0.29) is 11.5 Å². The van der Waals surface area contributed by atoms with Gasteiger partial charge in [0.2, 0.25) is 5.89 Å². The molecule has 2 aromatic heterocycles. The molecule has 0 fully saturated rings. The molecule has 2 aromatic rings. The Morgan fingerprint density at radius 2 is 2.09 bits per heavy atom. The van der Waals surface area contributed by atoms with Gasteiger partial charge in [-0.1, -0.05) is 32.0 Å². The molecule has 122 valence electrons. The average molecular weight is 322 g/mol. The Balaban J connectivity index is 1.99. The van der Waals surface area contributed by atoms with Crippen LogP contribution in [0.15, 0.2) is 22.0 Å². The van der Waals surface area contributed by atoms with Crippen molar-refractivity contribution in [3.05, 3.63) is 34.1 Å².